The maximum absolute atomic E-state index is 3.31. The van der Waals surface area contributed by atoms with Crippen molar-refractivity contribution < 1.29 is 21.6 Å². The lowest BCUT2D eigenvalue weighted by Crippen LogP contribution is -3.00. The van der Waals surface area contributed by atoms with E-state index < -0.39 is 0 Å². The molecule has 1 aliphatic heterocycles. The van der Waals surface area contributed by atoms with Crippen LogP contribution in [0.4, 0.5) is 0 Å². The topological polar surface area (TPSA) is 12.0 Å². The fourth-order valence-corrected chi connectivity index (χ4v) is 0.786. The minimum absolute atomic E-state index is 0. The predicted molar refractivity (Wildman–Crippen MR) is 34.1 cm³/mol. The highest BCUT2D eigenvalue weighted by atomic mass is 79.9. The van der Waals surface area contributed by atoms with Crippen LogP contribution in [-0.4, -0.2) is 31.8 Å². The molecule has 54 valence electrons. The lowest BCUT2D eigenvalue weighted by Gasteiger charge is -2.29. The first kappa shape index (κ1) is 9.14. The molecule has 0 amide bonds. The molecule has 0 bridgehead atoms. The molecule has 0 radical (unpaired) electrons. The molecule has 1 heterocycles. The van der Waals surface area contributed by atoms with Crippen molar-refractivity contribution in [3.05, 3.63) is 12.2 Å². The van der Waals surface area contributed by atoms with Gasteiger partial charge in [-0.25, -0.2) is 4.59 Å². The van der Waals surface area contributed by atoms with Crippen LogP contribution in [0.3, 0.4) is 0 Å². The standard InChI is InChI=1S/C6H13N2.BrH/c1-8(2)6-4-3-5-7-8;/h3-4,7H,5-6H2,1-2H3;1H/q+1;/p-1. The van der Waals surface area contributed by atoms with E-state index in [-0.39, 0.29) is 17.0 Å². The van der Waals surface area contributed by atoms with E-state index in [2.05, 4.69) is 31.7 Å². The van der Waals surface area contributed by atoms with Crippen molar-refractivity contribution >= 4 is 0 Å². The summed E-state index contributed by atoms with van der Waals surface area (Å²) in [4.78, 5) is 0. The largest absolute Gasteiger partial charge is 1.00 e. The molecule has 0 spiro atoms. The van der Waals surface area contributed by atoms with Gasteiger partial charge >= 0.3 is 0 Å². The van der Waals surface area contributed by atoms with Gasteiger partial charge in [0.15, 0.2) is 0 Å². The van der Waals surface area contributed by atoms with Crippen molar-refractivity contribution in [3.63, 3.8) is 0 Å². The summed E-state index contributed by atoms with van der Waals surface area (Å²) in [5.41, 5.74) is 3.31. The Balaban J connectivity index is 0.000000640. The zero-order valence-electron chi connectivity index (χ0n) is 5.89. The summed E-state index contributed by atoms with van der Waals surface area (Å²) >= 11 is 0. The van der Waals surface area contributed by atoms with E-state index in [1.807, 2.05) is 0 Å². The first-order valence-corrected chi connectivity index (χ1v) is 2.94. The maximum atomic E-state index is 3.31. The van der Waals surface area contributed by atoms with Crippen molar-refractivity contribution in [1.82, 2.24) is 5.43 Å². The van der Waals surface area contributed by atoms with Crippen LogP contribution in [0.15, 0.2) is 12.2 Å². The second-order valence-corrected chi connectivity index (χ2v) is 2.70. The Labute approximate surface area is 66.9 Å². The number of hydrogen-bond donors (Lipinski definition) is 1. The summed E-state index contributed by atoms with van der Waals surface area (Å²) in [6.45, 7) is 2.10. The van der Waals surface area contributed by atoms with E-state index in [4.69, 9.17) is 0 Å². The van der Waals surface area contributed by atoms with E-state index in [1.165, 1.54) is 0 Å². The molecule has 0 aromatic heterocycles. The smallest absolute Gasteiger partial charge is 0.115 e. The van der Waals surface area contributed by atoms with Gasteiger partial charge in [0.1, 0.15) is 6.54 Å². The molecule has 0 saturated carbocycles. The molecule has 0 aliphatic carbocycles. The quantitative estimate of drug-likeness (QED) is 0.322. The summed E-state index contributed by atoms with van der Waals surface area (Å²) < 4.78 is 0.913. The molecule has 0 atom stereocenters. The lowest BCUT2D eigenvalue weighted by molar-refractivity contribution is -0.929. The van der Waals surface area contributed by atoms with Crippen molar-refractivity contribution in [1.29, 1.82) is 0 Å². The Morgan fingerprint density at radius 3 is 2.22 bits per heavy atom. The second-order valence-electron chi connectivity index (χ2n) is 2.70. The van der Waals surface area contributed by atoms with Gasteiger partial charge in [-0.05, 0) is 6.08 Å². The Kier molecular flexibility index (Phi) is 3.40. The van der Waals surface area contributed by atoms with Crippen LogP contribution < -0.4 is 22.4 Å². The van der Waals surface area contributed by atoms with Crippen molar-refractivity contribution in [3.8, 4) is 0 Å². The number of nitrogens with one attached hydrogen (secondary N) is 1. The Bertz CT molecular complexity index is 110. The van der Waals surface area contributed by atoms with Gasteiger partial charge in [-0.2, -0.15) is 5.43 Å². The van der Waals surface area contributed by atoms with E-state index in [0.717, 1.165) is 17.7 Å². The van der Waals surface area contributed by atoms with Gasteiger partial charge in [0, 0.05) is 0 Å². The van der Waals surface area contributed by atoms with Gasteiger partial charge in [-0.1, -0.05) is 6.08 Å². The number of halogens is 1. The fourth-order valence-electron chi connectivity index (χ4n) is 0.786. The number of quaternary nitrogens is 1. The Morgan fingerprint density at radius 1 is 1.33 bits per heavy atom. The van der Waals surface area contributed by atoms with Crippen LogP contribution in [0, 0.1) is 0 Å². The average Bonchev–Trinajstić information content (AvgIpc) is 1.65. The van der Waals surface area contributed by atoms with Crippen LogP contribution in [0.2, 0.25) is 0 Å². The highest BCUT2D eigenvalue weighted by Crippen LogP contribution is 1.94. The van der Waals surface area contributed by atoms with Crippen LogP contribution >= 0.6 is 0 Å². The average molecular weight is 193 g/mol. The lowest BCUT2D eigenvalue weighted by atomic mass is 10.4. The Hall–Kier alpha value is 0.140. The second kappa shape index (κ2) is 3.34. The summed E-state index contributed by atoms with van der Waals surface area (Å²) in [5, 5.41) is 0. The van der Waals surface area contributed by atoms with E-state index in [9.17, 15) is 0 Å². The highest BCUT2D eigenvalue weighted by Gasteiger charge is 2.13. The molecule has 1 rings (SSSR count). The third-order valence-electron chi connectivity index (χ3n) is 1.37. The van der Waals surface area contributed by atoms with Gasteiger partial charge < -0.3 is 17.0 Å². The fraction of sp³-hybridized carbons (Fsp3) is 0.667. The molecule has 0 aromatic carbocycles. The van der Waals surface area contributed by atoms with Gasteiger partial charge in [-0.3, -0.25) is 0 Å². The zero-order valence-corrected chi connectivity index (χ0v) is 7.48. The molecule has 0 unspecified atom stereocenters. The van der Waals surface area contributed by atoms with Crippen molar-refractivity contribution in [2.75, 3.05) is 27.2 Å². The molecule has 0 saturated heterocycles. The van der Waals surface area contributed by atoms with Crippen molar-refractivity contribution in [2.45, 2.75) is 0 Å². The zero-order chi connectivity index (χ0) is 6.04. The maximum Gasteiger partial charge on any atom is 0.115 e. The molecule has 9 heavy (non-hydrogen) atoms. The normalized spacial score (nSPS) is 22.9. The monoisotopic (exact) mass is 192 g/mol. The number of likely N-dealkylation sites (N-methyl/N-ethyl adjacent to an activating group) is 1. The van der Waals surface area contributed by atoms with Gasteiger partial charge in [0.2, 0.25) is 0 Å². The van der Waals surface area contributed by atoms with Crippen LogP contribution in [-0.2, 0) is 0 Å². The van der Waals surface area contributed by atoms with Crippen LogP contribution in [0.25, 0.3) is 0 Å². The first-order chi connectivity index (χ1) is 3.71. The summed E-state index contributed by atoms with van der Waals surface area (Å²) in [7, 11) is 4.31. The molecular formula is C6H13BrN2. The molecule has 3 heteroatoms. The van der Waals surface area contributed by atoms with E-state index in [0.29, 0.717) is 0 Å². The SMILES string of the molecule is C[N+]1(C)CC=CCN1.[Br-]. The van der Waals surface area contributed by atoms with Gasteiger partial charge in [0.25, 0.3) is 0 Å². The number of hydrogen-bond acceptors (Lipinski definition) is 1. The van der Waals surface area contributed by atoms with Crippen molar-refractivity contribution in [2.24, 2.45) is 0 Å². The number of nitrogens with zero attached hydrogens (tertiary/aromatic N) is 1. The predicted octanol–water partition coefficient (Wildman–Crippen LogP) is -2.86. The summed E-state index contributed by atoms with van der Waals surface area (Å²) in [5.74, 6) is 0. The van der Waals surface area contributed by atoms with E-state index >= 15 is 0 Å². The first-order valence-electron chi connectivity index (χ1n) is 2.94. The summed E-state index contributed by atoms with van der Waals surface area (Å²) in [6, 6.07) is 0. The van der Waals surface area contributed by atoms with Crippen LogP contribution in [0.1, 0.15) is 0 Å². The molecular weight excluding hydrogens is 180 g/mol. The number of rotatable bonds is 0. The van der Waals surface area contributed by atoms with Gasteiger partial charge in [0.05, 0.1) is 20.6 Å². The molecule has 0 aromatic rings. The molecule has 2 nitrogen and oxygen atoms in total. The third-order valence-corrected chi connectivity index (χ3v) is 1.37. The Morgan fingerprint density at radius 2 is 2.00 bits per heavy atom. The minimum atomic E-state index is 0. The van der Waals surface area contributed by atoms with Gasteiger partial charge in [-0.15, -0.1) is 0 Å². The molecule has 0 fully saturated rings. The molecule has 1 aliphatic rings. The highest BCUT2D eigenvalue weighted by molar-refractivity contribution is 4.84. The van der Waals surface area contributed by atoms with E-state index in [1.54, 1.807) is 0 Å². The third kappa shape index (κ3) is 2.98. The molecule has 1 N–H and O–H groups in total. The van der Waals surface area contributed by atoms with Crippen LogP contribution in [0.5, 0.6) is 0 Å². The summed E-state index contributed by atoms with van der Waals surface area (Å²) in [6.07, 6.45) is 4.36. The minimum Gasteiger partial charge on any atom is -1.00 e.